The molecule has 9 aromatic carbocycles. The van der Waals surface area contributed by atoms with Gasteiger partial charge in [-0.25, -0.2) is 0 Å². The zero-order valence-corrected chi connectivity index (χ0v) is 33.1. The summed E-state index contributed by atoms with van der Waals surface area (Å²) in [6.45, 7) is 0. The summed E-state index contributed by atoms with van der Waals surface area (Å²) < 4.78 is 0. The Labute approximate surface area is 352 Å². The number of rotatable bonds is 8. The zero-order chi connectivity index (χ0) is 39.8. The molecule has 0 bridgehead atoms. The summed E-state index contributed by atoms with van der Waals surface area (Å²) in [5, 5.41) is 0. The molecule has 2 heteroatoms. The van der Waals surface area contributed by atoms with E-state index in [9.17, 15) is 0 Å². The van der Waals surface area contributed by atoms with Gasteiger partial charge in [-0.2, -0.15) is 0 Å². The predicted octanol–water partition coefficient (Wildman–Crippen LogP) is 15.5. The lowest BCUT2D eigenvalue weighted by molar-refractivity contribution is 0.724. The van der Waals surface area contributed by atoms with Gasteiger partial charge < -0.3 is 9.80 Å². The molecule has 1 heterocycles. The molecule has 1 aliphatic heterocycles. The van der Waals surface area contributed by atoms with Gasteiger partial charge >= 0.3 is 0 Å². The molecule has 1 aliphatic carbocycles. The van der Waals surface area contributed by atoms with E-state index in [-0.39, 0.29) is 12.0 Å². The van der Waals surface area contributed by atoms with Gasteiger partial charge in [-0.3, -0.25) is 0 Å². The van der Waals surface area contributed by atoms with Crippen molar-refractivity contribution < 1.29 is 0 Å². The van der Waals surface area contributed by atoms with E-state index in [1.165, 1.54) is 61.4 Å². The SMILES string of the molecule is C1=CC2C(c3ccccc31)c1ccccc1N2c1ccc(-c2ccccc2N(c2ccc(-c3ccccc3)cc2)c2ccc(-c3ccccc3)cc2-c2ccccc2)cc1. The van der Waals surface area contributed by atoms with Gasteiger partial charge in [-0.15, -0.1) is 0 Å². The first-order valence-electron chi connectivity index (χ1n) is 20.8. The minimum Gasteiger partial charge on any atom is -0.333 e. The van der Waals surface area contributed by atoms with Crippen LogP contribution in [-0.4, -0.2) is 6.04 Å². The van der Waals surface area contributed by atoms with Gasteiger partial charge in [0.2, 0.25) is 0 Å². The highest BCUT2D eigenvalue weighted by atomic mass is 15.2. The number of para-hydroxylation sites is 2. The lowest BCUT2D eigenvalue weighted by atomic mass is 9.81. The molecule has 60 heavy (non-hydrogen) atoms. The first-order chi connectivity index (χ1) is 29.8. The highest BCUT2D eigenvalue weighted by Gasteiger charge is 2.40. The number of anilines is 5. The first kappa shape index (κ1) is 35.5. The number of nitrogens with zero attached hydrogens (tertiary/aromatic N) is 2. The number of benzene rings is 9. The normalized spacial score (nSPS) is 14.9. The molecule has 0 amide bonds. The molecule has 2 aliphatic rings. The largest absolute Gasteiger partial charge is 0.333 e. The average Bonchev–Trinajstić information content (AvgIpc) is 3.68. The van der Waals surface area contributed by atoms with E-state index in [0.717, 1.165) is 28.2 Å². The summed E-state index contributed by atoms with van der Waals surface area (Å²) in [6, 6.07) is 84.1. The van der Waals surface area contributed by atoms with Crippen molar-refractivity contribution in [2.75, 3.05) is 9.80 Å². The Bertz CT molecular complexity index is 2970. The summed E-state index contributed by atoms with van der Waals surface area (Å²) in [4.78, 5) is 4.98. The van der Waals surface area contributed by atoms with Crippen molar-refractivity contribution in [1.82, 2.24) is 0 Å². The summed E-state index contributed by atoms with van der Waals surface area (Å²) in [6.07, 6.45) is 4.70. The smallest absolute Gasteiger partial charge is 0.0635 e. The molecule has 2 nitrogen and oxygen atoms in total. The van der Waals surface area contributed by atoms with Gasteiger partial charge in [0.1, 0.15) is 0 Å². The molecule has 0 radical (unpaired) electrons. The Morgan fingerprint density at radius 3 is 1.62 bits per heavy atom. The zero-order valence-electron chi connectivity index (χ0n) is 33.1. The summed E-state index contributed by atoms with van der Waals surface area (Å²) in [7, 11) is 0. The molecule has 0 aromatic heterocycles. The standard InChI is InChI=1S/C58H42N2/c1-4-16-41(17-5-1)43-28-34-48(35-29-43)59(56-38-33-47(42-18-6-2-7-19-42)40-53(56)44-20-8-3-9-21-44)54-26-14-12-23-50(54)46-30-36-49(37-31-46)60-55-27-15-13-25-52(55)58-51-24-11-10-22-45(51)32-39-57(58)60/h1-40,57-58H. The topological polar surface area (TPSA) is 6.48 Å². The number of hydrogen-bond donors (Lipinski definition) is 0. The third-order valence-corrected chi connectivity index (χ3v) is 12.2. The van der Waals surface area contributed by atoms with E-state index in [1.54, 1.807) is 0 Å². The second-order valence-corrected chi connectivity index (χ2v) is 15.7. The molecule has 0 N–H and O–H groups in total. The van der Waals surface area contributed by atoms with Crippen LogP contribution < -0.4 is 9.80 Å². The third-order valence-electron chi connectivity index (χ3n) is 12.2. The van der Waals surface area contributed by atoms with E-state index < -0.39 is 0 Å². The van der Waals surface area contributed by atoms with Crippen LogP contribution in [0, 0.1) is 0 Å². The molecular weight excluding hydrogens is 725 g/mol. The Hall–Kier alpha value is -7.68. The maximum atomic E-state index is 2.53. The van der Waals surface area contributed by atoms with Crippen LogP contribution in [0.2, 0.25) is 0 Å². The van der Waals surface area contributed by atoms with E-state index in [4.69, 9.17) is 0 Å². The van der Waals surface area contributed by atoms with Crippen molar-refractivity contribution in [1.29, 1.82) is 0 Å². The van der Waals surface area contributed by atoms with E-state index in [0.29, 0.717) is 0 Å². The first-order valence-corrected chi connectivity index (χ1v) is 20.8. The lowest BCUT2D eigenvalue weighted by Crippen LogP contribution is -2.30. The molecule has 284 valence electrons. The lowest BCUT2D eigenvalue weighted by Gasteiger charge is -2.32. The summed E-state index contributed by atoms with van der Waals surface area (Å²) in [5.41, 5.74) is 19.3. The predicted molar refractivity (Wildman–Crippen MR) is 253 cm³/mol. The maximum absolute atomic E-state index is 2.53. The minimum atomic E-state index is 0.208. The highest BCUT2D eigenvalue weighted by Crippen LogP contribution is 2.52. The van der Waals surface area contributed by atoms with E-state index in [1.807, 2.05) is 0 Å². The fourth-order valence-electron chi connectivity index (χ4n) is 9.42. The van der Waals surface area contributed by atoms with Crippen LogP contribution in [0.15, 0.2) is 237 Å². The Morgan fingerprint density at radius 1 is 0.367 bits per heavy atom. The third kappa shape index (κ3) is 6.31. The molecule has 2 atom stereocenters. The number of hydrogen-bond acceptors (Lipinski definition) is 2. The van der Waals surface area contributed by atoms with Crippen LogP contribution in [-0.2, 0) is 0 Å². The van der Waals surface area contributed by atoms with Crippen LogP contribution in [0.4, 0.5) is 28.4 Å². The Balaban J connectivity index is 1.04. The second kappa shape index (κ2) is 15.2. The molecule has 0 saturated carbocycles. The van der Waals surface area contributed by atoms with Gasteiger partial charge in [0.25, 0.3) is 0 Å². The van der Waals surface area contributed by atoms with Crippen molar-refractivity contribution in [3.63, 3.8) is 0 Å². The summed E-state index contributed by atoms with van der Waals surface area (Å²) in [5.74, 6) is 0.289. The van der Waals surface area contributed by atoms with Crippen LogP contribution in [0.5, 0.6) is 0 Å². The van der Waals surface area contributed by atoms with Gasteiger partial charge in [-0.1, -0.05) is 194 Å². The maximum Gasteiger partial charge on any atom is 0.0635 e. The van der Waals surface area contributed by atoms with Crippen LogP contribution in [0.25, 0.3) is 50.6 Å². The average molecular weight is 767 g/mol. The fraction of sp³-hybridized carbons (Fsp3) is 0.0345. The van der Waals surface area contributed by atoms with E-state index >= 15 is 0 Å². The van der Waals surface area contributed by atoms with Crippen molar-refractivity contribution >= 4 is 34.5 Å². The van der Waals surface area contributed by atoms with Crippen LogP contribution in [0.1, 0.15) is 22.6 Å². The van der Waals surface area contributed by atoms with Crippen molar-refractivity contribution in [2.45, 2.75) is 12.0 Å². The Kier molecular flexibility index (Phi) is 9.02. The van der Waals surface area contributed by atoms with Crippen LogP contribution in [0.3, 0.4) is 0 Å². The van der Waals surface area contributed by atoms with Gasteiger partial charge in [0, 0.05) is 34.1 Å². The van der Waals surface area contributed by atoms with Gasteiger partial charge in [0.05, 0.1) is 17.4 Å². The molecule has 0 saturated heterocycles. The fourth-order valence-corrected chi connectivity index (χ4v) is 9.42. The second-order valence-electron chi connectivity index (χ2n) is 15.7. The minimum absolute atomic E-state index is 0.208. The molecule has 2 unspecified atom stereocenters. The van der Waals surface area contributed by atoms with Crippen molar-refractivity contribution in [2.24, 2.45) is 0 Å². The number of fused-ring (bicyclic) bond motifs is 5. The monoisotopic (exact) mass is 766 g/mol. The Morgan fingerprint density at radius 2 is 0.883 bits per heavy atom. The van der Waals surface area contributed by atoms with Crippen molar-refractivity contribution in [3.8, 4) is 44.5 Å². The molecule has 0 fully saturated rings. The molecular formula is C58H42N2. The quantitative estimate of drug-likeness (QED) is 0.152. The molecule has 0 spiro atoms. The molecule has 9 aromatic rings. The van der Waals surface area contributed by atoms with E-state index in [2.05, 4.69) is 252 Å². The molecule has 11 rings (SSSR count). The van der Waals surface area contributed by atoms with Gasteiger partial charge in [0.15, 0.2) is 0 Å². The van der Waals surface area contributed by atoms with Crippen molar-refractivity contribution in [3.05, 3.63) is 253 Å². The van der Waals surface area contributed by atoms with Gasteiger partial charge in [-0.05, 0) is 98.6 Å². The highest BCUT2D eigenvalue weighted by molar-refractivity contribution is 5.95. The van der Waals surface area contributed by atoms with Crippen LogP contribution >= 0.6 is 0 Å². The summed E-state index contributed by atoms with van der Waals surface area (Å²) >= 11 is 0.